The van der Waals surface area contributed by atoms with Gasteiger partial charge in [-0.1, -0.05) is 97.9 Å². The lowest BCUT2D eigenvalue weighted by atomic mass is 9.91. The van der Waals surface area contributed by atoms with Gasteiger partial charge in [-0.3, -0.25) is 9.78 Å². The summed E-state index contributed by atoms with van der Waals surface area (Å²) in [6.45, 7) is 2.52. The number of thioether (sulfide) groups is 1. The molecule has 9 heteroatoms. The number of methoxy groups -OCH3 is 1. The van der Waals surface area contributed by atoms with Crippen molar-refractivity contribution in [3.8, 4) is 16.9 Å². The Morgan fingerprint density at radius 1 is 0.824 bits per heavy atom. The number of rotatable bonds is 11. The monoisotopic (exact) mass is 697 g/mol. The first-order valence-electron chi connectivity index (χ1n) is 16.9. The van der Waals surface area contributed by atoms with Crippen molar-refractivity contribution in [2.45, 2.75) is 43.5 Å². The summed E-state index contributed by atoms with van der Waals surface area (Å²) in [6.07, 6.45) is 0.633. The van der Waals surface area contributed by atoms with Gasteiger partial charge in [0.25, 0.3) is 5.91 Å². The zero-order chi connectivity index (χ0) is 35.2. The van der Waals surface area contributed by atoms with Crippen molar-refractivity contribution in [3.63, 3.8) is 0 Å². The first-order valence-corrected chi connectivity index (χ1v) is 17.9. The van der Waals surface area contributed by atoms with Gasteiger partial charge in [-0.05, 0) is 58.1 Å². The minimum atomic E-state index is -0.569. The molecular formula is C42H39N3O5S. The fourth-order valence-electron chi connectivity index (χ4n) is 6.25. The minimum absolute atomic E-state index is 0.00429. The van der Waals surface area contributed by atoms with Crippen LogP contribution in [0, 0.1) is 5.92 Å². The van der Waals surface area contributed by atoms with Crippen molar-refractivity contribution >= 4 is 28.7 Å². The van der Waals surface area contributed by atoms with E-state index in [9.17, 15) is 9.90 Å². The maximum absolute atomic E-state index is 12.9. The van der Waals surface area contributed by atoms with E-state index in [2.05, 4.69) is 64.7 Å². The SMILES string of the molecule is COc1ccccc1SC[C@H]1O[C@@H](c2ccc(-c3cccc(CNC(=O)c4cnc5ccccc5n4)c3)cc2)O[C@@H](c2ccc(CO)cc2)[C@H]1C. The third-order valence-electron chi connectivity index (χ3n) is 9.17. The zero-order valence-electron chi connectivity index (χ0n) is 28.4. The molecule has 0 radical (unpaired) electrons. The summed E-state index contributed by atoms with van der Waals surface area (Å²) >= 11 is 1.72. The van der Waals surface area contributed by atoms with Gasteiger partial charge in [-0.15, -0.1) is 11.8 Å². The number of nitrogens with one attached hydrogen (secondary N) is 1. The van der Waals surface area contributed by atoms with Crippen molar-refractivity contribution in [1.82, 2.24) is 15.3 Å². The summed E-state index contributed by atoms with van der Waals surface area (Å²) in [7, 11) is 1.69. The topological polar surface area (TPSA) is 103 Å². The largest absolute Gasteiger partial charge is 0.496 e. The van der Waals surface area contributed by atoms with Crippen LogP contribution in [0.5, 0.6) is 5.75 Å². The molecule has 51 heavy (non-hydrogen) atoms. The van der Waals surface area contributed by atoms with Crippen LogP contribution in [0.4, 0.5) is 0 Å². The number of hydrogen-bond acceptors (Lipinski definition) is 8. The first kappa shape index (κ1) is 34.4. The van der Waals surface area contributed by atoms with Crippen LogP contribution < -0.4 is 10.1 Å². The molecule has 6 aromatic rings. The molecule has 258 valence electrons. The maximum Gasteiger partial charge on any atom is 0.271 e. The Labute approximate surface area is 301 Å². The summed E-state index contributed by atoms with van der Waals surface area (Å²) in [5, 5.41) is 12.6. The lowest BCUT2D eigenvalue weighted by Gasteiger charge is -2.41. The fourth-order valence-corrected chi connectivity index (χ4v) is 7.45. The number of para-hydroxylation sites is 3. The Morgan fingerprint density at radius 3 is 2.35 bits per heavy atom. The molecule has 1 saturated heterocycles. The standard InChI is InChI=1S/C42H39N3O5S/c1-27-38(26-51-39-13-6-5-12-37(39)48-2)49-42(50-40(27)31-16-14-28(25-46)15-17-31)32-20-18-30(19-21-32)33-9-7-8-29(22-33)23-44-41(47)36-24-43-34-10-3-4-11-35(34)45-36/h3-22,24,27,38,40,42,46H,23,25-26H2,1-2H3,(H,44,47)/t27-,38+,40+,42+/m0/s1. The fraction of sp³-hybridized carbons (Fsp3) is 0.214. The molecule has 7 rings (SSSR count). The molecule has 1 aliphatic heterocycles. The highest BCUT2D eigenvalue weighted by Gasteiger charge is 2.38. The first-order chi connectivity index (χ1) is 25.0. The molecule has 8 nitrogen and oxygen atoms in total. The van der Waals surface area contributed by atoms with E-state index in [1.54, 1.807) is 18.9 Å². The van der Waals surface area contributed by atoms with Gasteiger partial charge >= 0.3 is 0 Å². The number of aliphatic hydroxyl groups is 1. The van der Waals surface area contributed by atoms with Gasteiger partial charge in [0.15, 0.2) is 6.29 Å². The molecule has 0 saturated carbocycles. The number of benzene rings is 5. The van der Waals surface area contributed by atoms with Crippen LogP contribution in [0.1, 0.15) is 52.1 Å². The Kier molecular flexibility index (Phi) is 10.7. The van der Waals surface area contributed by atoms with Gasteiger partial charge in [0.2, 0.25) is 0 Å². The van der Waals surface area contributed by atoms with Gasteiger partial charge < -0.3 is 24.6 Å². The van der Waals surface area contributed by atoms with Crippen LogP contribution in [0.3, 0.4) is 0 Å². The Balaban J connectivity index is 1.06. The summed E-state index contributed by atoms with van der Waals surface area (Å²) in [5.41, 5.74) is 7.59. The lowest BCUT2D eigenvalue weighted by Crippen LogP contribution is -2.38. The van der Waals surface area contributed by atoms with Crippen LogP contribution >= 0.6 is 11.8 Å². The normalized spacial score (nSPS) is 18.7. The molecule has 1 aliphatic rings. The van der Waals surface area contributed by atoms with Crippen LogP contribution in [-0.2, 0) is 22.6 Å². The number of carbonyl (C=O) groups is 1. The molecule has 4 atom stereocenters. The van der Waals surface area contributed by atoms with E-state index in [0.717, 1.165) is 55.3 Å². The lowest BCUT2D eigenvalue weighted by molar-refractivity contribution is -0.268. The third kappa shape index (κ3) is 7.97. The van der Waals surface area contributed by atoms with Crippen molar-refractivity contribution in [2.75, 3.05) is 12.9 Å². The number of ether oxygens (including phenoxy) is 3. The minimum Gasteiger partial charge on any atom is -0.496 e. The van der Waals surface area contributed by atoms with E-state index in [0.29, 0.717) is 12.1 Å². The molecule has 0 unspecified atom stereocenters. The van der Waals surface area contributed by atoms with Crippen LogP contribution in [0.25, 0.3) is 22.2 Å². The van der Waals surface area contributed by atoms with Gasteiger partial charge in [0, 0.05) is 28.7 Å². The smallest absolute Gasteiger partial charge is 0.271 e. The second-order valence-electron chi connectivity index (χ2n) is 12.5. The van der Waals surface area contributed by atoms with E-state index in [4.69, 9.17) is 14.2 Å². The van der Waals surface area contributed by atoms with Crippen LogP contribution in [-0.4, -0.2) is 39.9 Å². The number of hydrogen-bond donors (Lipinski definition) is 2. The molecule has 2 N–H and O–H groups in total. The van der Waals surface area contributed by atoms with Gasteiger partial charge in [-0.25, -0.2) is 4.98 Å². The molecule has 0 bridgehead atoms. The molecule has 0 aliphatic carbocycles. The van der Waals surface area contributed by atoms with Gasteiger partial charge in [-0.2, -0.15) is 0 Å². The summed E-state index contributed by atoms with van der Waals surface area (Å²) in [5.74, 6) is 1.36. The van der Waals surface area contributed by atoms with E-state index >= 15 is 0 Å². The predicted molar refractivity (Wildman–Crippen MR) is 199 cm³/mol. The second kappa shape index (κ2) is 15.9. The highest BCUT2D eigenvalue weighted by molar-refractivity contribution is 7.99. The van der Waals surface area contributed by atoms with Crippen molar-refractivity contribution in [2.24, 2.45) is 5.92 Å². The molecule has 1 fully saturated rings. The van der Waals surface area contributed by atoms with Gasteiger partial charge in [0.1, 0.15) is 11.4 Å². The molecule has 2 heterocycles. The molecule has 0 spiro atoms. The number of amides is 1. The van der Waals surface area contributed by atoms with Gasteiger partial charge in [0.05, 0.1) is 43.2 Å². The quantitative estimate of drug-likeness (QED) is 0.130. The molecular weight excluding hydrogens is 659 g/mol. The maximum atomic E-state index is 12.9. The van der Waals surface area contributed by atoms with E-state index in [1.165, 1.54) is 6.20 Å². The molecule has 5 aromatic carbocycles. The Morgan fingerprint density at radius 2 is 1.57 bits per heavy atom. The second-order valence-corrected chi connectivity index (χ2v) is 13.6. The predicted octanol–water partition coefficient (Wildman–Crippen LogP) is 8.31. The zero-order valence-corrected chi connectivity index (χ0v) is 29.3. The van der Waals surface area contributed by atoms with E-state index < -0.39 is 6.29 Å². The highest BCUT2D eigenvalue weighted by atomic mass is 32.2. The number of aliphatic hydroxyl groups excluding tert-OH is 1. The highest BCUT2D eigenvalue weighted by Crippen LogP contribution is 2.44. The average Bonchev–Trinajstić information content (AvgIpc) is 3.19. The van der Waals surface area contributed by atoms with E-state index in [1.807, 2.05) is 78.9 Å². The Bertz CT molecular complexity index is 2110. The summed E-state index contributed by atoms with van der Waals surface area (Å²) in [4.78, 5) is 22.8. The van der Waals surface area contributed by atoms with Crippen LogP contribution in [0.2, 0.25) is 0 Å². The summed E-state index contributed by atoms with van der Waals surface area (Å²) < 4.78 is 19.0. The number of nitrogens with zero attached hydrogens (tertiary/aromatic N) is 2. The summed E-state index contributed by atoms with van der Waals surface area (Å²) in [6, 6.07) is 39.9. The van der Waals surface area contributed by atoms with Crippen molar-refractivity contribution in [1.29, 1.82) is 0 Å². The Hall–Kier alpha value is -5.06. The molecule has 1 aromatic heterocycles. The third-order valence-corrected chi connectivity index (χ3v) is 10.3. The number of aromatic nitrogens is 2. The molecule has 1 amide bonds. The van der Waals surface area contributed by atoms with Crippen molar-refractivity contribution < 1.29 is 24.1 Å². The van der Waals surface area contributed by atoms with Crippen LogP contribution in [0.15, 0.2) is 132 Å². The number of fused-ring (bicyclic) bond motifs is 1. The van der Waals surface area contributed by atoms with Crippen molar-refractivity contribution in [3.05, 3.63) is 155 Å². The number of carbonyl (C=O) groups excluding carboxylic acids is 1. The van der Waals surface area contributed by atoms with E-state index in [-0.39, 0.29) is 36.3 Å². The average molecular weight is 698 g/mol.